The number of para-hydroxylation sites is 1. The van der Waals surface area contributed by atoms with Gasteiger partial charge in [-0.2, -0.15) is 0 Å². The Kier molecular flexibility index (Phi) is 6.11. The molecule has 2 aromatic carbocycles. The zero-order valence-corrected chi connectivity index (χ0v) is 15.4. The average Bonchev–Trinajstić information content (AvgIpc) is 2.58. The molecule has 1 heterocycles. The molecule has 3 heteroatoms. The van der Waals surface area contributed by atoms with Crippen LogP contribution in [0.1, 0.15) is 18.4 Å². The van der Waals surface area contributed by atoms with Gasteiger partial charge in [-0.3, -0.25) is 4.90 Å². The molecule has 0 radical (unpaired) electrons. The lowest BCUT2D eigenvalue weighted by Crippen LogP contribution is -2.30. The van der Waals surface area contributed by atoms with Crippen molar-refractivity contribution in [3.63, 3.8) is 0 Å². The van der Waals surface area contributed by atoms with Crippen LogP contribution in [0.3, 0.4) is 0 Å². The van der Waals surface area contributed by atoms with Gasteiger partial charge in [0.15, 0.2) is 0 Å². The minimum Gasteiger partial charge on any atom is -0.492 e. The van der Waals surface area contributed by atoms with Crippen LogP contribution in [0.5, 0.6) is 5.75 Å². The zero-order valence-electron chi connectivity index (χ0n) is 13.2. The predicted molar refractivity (Wildman–Crippen MR) is 104 cm³/mol. The summed E-state index contributed by atoms with van der Waals surface area (Å²) in [6.07, 6.45) is 4.54. The molecule has 0 N–H and O–H groups in total. The second kappa shape index (κ2) is 8.50. The molecular formula is C20H22INO. The molecular weight excluding hydrogens is 397 g/mol. The van der Waals surface area contributed by atoms with E-state index in [0.29, 0.717) is 0 Å². The SMILES string of the molecule is Ic1ccccc1OCCC1=CCCN(Cc2ccccc2)C1. The third-order valence-electron chi connectivity index (χ3n) is 4.07. The van der Waals surface area contributed by atoms with Gasteiger partial charge in [-0.1, -0.05) is 54.1 Å². The fraction of sp³-hybridized carbons (Fsp3) is 0.300. The van der Waals surface area contributed by atoms with Crippen LogP contribution in [0.15, 0.2) is 66.2 Å². The number of benzene rings is 2. The van der Waals surface area contributed by atoms with Crippen molar-refractivity contribution in [2.45, 2.75) is 19.4 Å². The third-order valence-corrected chi connectivity index (χ3v) is 4.96. The highest BCUT2D eigenvalue weighted by Crippen LogP contribution is 2.21. The van der Waals surface area contributed by atoms with Gasteiger partial charge in [-0.05, 0) is 46.7 Å². The Morgan fingerprint density at radius 2 is 1.78 bits per heavy atom. The van der Waals surface area contributed by atoms with E-state index < -0.39 is 0 Å². The summed E-state index contributed by atoms with van der Waals surface area (Å²) in [5.74, 6) is 0.991. The highest BCUT2D eigenvalue weighted by atomic mass is 127. The normalized spacial score (nSPS) is 15.3. The molecule has 3 rings (SSSR count). The second-order valence-electron chi connectivity index (χ2n) is 5.88. The van der Waals surface area contributed by atoms with Gasteiger partial charge >= 0.3 is 0 Å². The number of hydrogen-bond acceptors (Lipinski definition) is 2. The number of rotatable bonds is 6. The summed E-state index contributed by atoms with van der Waals surface area (Å²) in [7, 11) is 0. The Hall–Kier alpha value is -1.33. The van der Waals surface area contributed by atoms with Gasteiger partial charge < -0.3 is 4.74 Å². The van der Waals surface area contributed by atoms with Gasteiger partial charge in [-0.15, -0.1) is 0 Å². The van der Waals surface area contributed by atoms with E-state index in [9.17, 15) is 0 Å². The molecule has 0 saturated heterocycles. The minimum atomic E-state index is 0.755. The molecule has 0 fully saturated rings. The van der Waals surface area contributed by atoms with Crippen molar-refractivity contribution in [1.29, 1.82) is 0 Å². The van der Waals surface area contributed by atoms with Crippen LogP contribution in [0.2, 0.25) is 0 Å². The summed E-state index contributed by atoms with van der Waals surface area (Å²) < 4.78 is 7.10. The minimum absolute atomic E-state index is 0.755. The molecule has 0 atom stereocenters. The maximum Gasteiger partial charge on any atom is 0.132 e. The molecule has 0 bridgehead atoms. The smallest absolute Gasteiger partial charge is 0.132 e. The largest absolute Gasteiger partial charge is 0.492 e. The van der Waals surface area contributed by atoms with Gasteiger partial charge in [0.2, 0.25) is 0 Å². The Balaban J connectivity index is 1.47. The summed E-state index contributed by atoms with van der Waals surface area (Å²) in [5, 5.41) is 0. The first-order valence-corrected chi connectivity index (χ1v) is 9.20. The lowest BCUT2D eigenvalue weighted by atomic mass is 10.1. The molecule has 0 aromatic heterocycles. The lowest BCUT2D eigenvalue weighted by molar-refractivity contribution is 0.266. The fourth-order valence-corrected chi connectivity index (χ4v) is 3.44. The number of ether oxygens (including phenoxy) is 1. The van der Waals surface area contributed by atoms with E-state index in [1.165, 1.54) is 14.7 Å². The number of hydrogen-bond donors (Lipinski definition) is 0. The highest BCUT2D eigenvalue weighted by molar-refractivity contribution is 14.1. The van der Waals surface area contributed by atoms with Crippen LogP contribution in [0.4, 0.5) is 0 Å². The van der Waals surface area contributed by atoms with Crippen molar-refractivity contribution in [3.8, 4) is 5.75 Å². The highest BCUT2D eigenvalue weighted by Gasteiger charge is 2.13. The van der Waals surface area contributed by atoms with Crippen molar-refractivity contribution < 1.29 is 4.74 Å². The van der Waals surface area contributed by atoms with E-state index in [1.54, 1.807) is 0 Å². The van der Waals surface area contributed by atoms with Crippen molar-refractivity contribution >= 4 is 22.6 Å². The quantitative estimate of drug-likeness (QED) is 0.488. The van der Waals surface area contributed by atoms with E-state index in [4.69, 9.17) is 4.74 Å². The van der Waals surface area contributed by atoms with Crippen molar-refractivity contribution in [1.82, 2.24) is 4.90 Å². The molecule has 2 aromatic rings. The van der Waals surface area contributed by atoms with Crippen molar-refractivity contribution in [2.75, 3.05) is 19.7 Å². The molecule has 0 amide bonds. The maximum absolute atomic E-state index is 5.93. The summed E-state index contributed by atoms with van der Waals surface area (Å²) >= 11 is 2.32. The summed E-state index contributed by atoms with van der Waals surface area (Å²) in [5.41, 5.74) is 2.89. The van der Waals surface area contributed by atoms with E-state index in [1.807, 2.05) is 18.2 Å². The molecule has 2 nitrogen and oxygen atoms in total. The molecule has 0 aliphatic carbocycles. The first kappa shape index (κ1) is 16.5. The molecule has 23 heavy (non-hydrogen) atoms. The zero-order chi connectivity index (χ0) is 15.9. The number of halogens is 1. The Bertz CT molecular complexity index is 654. The molecule has 120 valence electrons. The summed E-state index contributed by atoms with van der Waals surface area (Å²) in [6.45, 7) is 4.00. The van der Waals surface area contributed by atoms with Crippen molar-refractivity contribution in [3.05, 3.63) is 75.4 Å². The summed E-state index contributed by atoms with van der Waals surface area (Å²) in [6, 6.07) is 18.9. The van der Waals surface area contributed by atoms with E-state index in [-0.39, 0.29) is 0 Å². The Labute approximate surface area is 152 Å². The number of nitrogens with zero attached hydrogens (tertiary/aromatic N) is 1. The molecule has 1 aliphatic heterocycles. The van der Waals surface area contributed by atoms with E-state index in [2.05, 4.69) is 70.0 Å². The Morgan fingerprint density at radius 1 is 1.00 bits per heavy atom. The van der Waals surface area contributed by atoms with Gasteiger partial charge in [0.25, 0.3) is 0 Å². The molecule has 1 aliphatic rings. The molecule has 0 saturated carbocycles. The van der Waals surface area contributed by atoms with Gasteiger partial charge in [-0.25, -0.2) is 0 Å². The monoisotopic (exact) mass is 419 g/mol. The first-order valence-electron chi connectivity index (χ1n) is 8.13. The van der Waals surface area contributed by atoms with Gasteiger partial charge in [0, 0.05) is 26.1 Å². The second-order valence-corrected chi connectivity index (χ2v) is 7.04. The van der Waals surface area contributed by atoms with E-state index in [0.717, 1.165) is 44.8 Å². The summed E-state index contributed by atoms with van der Waals surface area (Å²) in [4.78, 5) is 2.52. The average molecular weight is 419 g/mol. The third kappa shape index (κ3) is 5.08. The van der Waals surface area contributed by atoms with Crippen molar-refractivity contribution in [2.24, 2.45) is 0 Å². The van der Waals surface area contributed by atoms with Gasteiger partial charge in [0.05, 0.1) is 10.2 Å². The Morgan fingerprint density at radius 3 is 2.61 bits per heavy atom. The first-order chi connectivity index (χ1) is 11.3. The predicted octanol–water partition coefficient (Wildman–Crippen LogP) is 4.89. The van der Waals surface area contributed by atoms with Crippen LogP contribution in [0.25, 0.3) is 0 Å². The van der Waals surface area contributed by atoms with Crippen LogP contribution < -0.4 is 4.74 Å². The molecule has 0 unspecified atom stereocenters. The van der Waals surface area contributed by atoms with E-state index >= 15 is 0 Å². The van der Waals surface area contributed by atoms with Gasteiger partial charge in [0.1, 0.15) is 5.75 Å². The standard InChI is InChI=1S/C20H22INO/c21-19-10-4-5-11-20(19)23-14-12-18-9-6-13-22(16-18)15-17-7-2-1-3-8-17/h1-5,7-11H,6,12-16H2. The van der Waals surface area contributed by atoms with Crippen LogP contribution in [-0.2, 0) is 6.54 Å². The maximum atomic E-state index is 5.93. The molecule has 0 spiro atoms. The van der Waals surface area contributed by atoms with Crippen LogP contribution >= 0.6 is 22.6 Å². The van der Waals surface area contributed by atoms with Crippen LogP contribution in [0, 0.1) is 3.57 Å². The lowest BCUT2D eigenvalue weighted by Gasteiger charge is -2.27. The topological polar surface area (TPSA) is 12.5 Å². The fourth-order valence-electron chi connectivity index (χ4n) is 2.89. The van der Waals surface area contributed by atoms with Crippen LogP contribution in [-0.4, -0.2) is 24.6 Å².